The topological polar surface area (TPSA) is 85.0 Å². The minimum atomic E-state index is -0.663. The zero-order valence-corrected chi connectivity index (χ0v) is 20.6. The molecule has 2 saturated heterocycles. The number of amides is 4. The summed E-state index contributed by atoms with van der Waals surface area (Å²) in [7, 11) is 0. The van der Waals surface area contributed by atoms with Crippen LogP contribution in [0.5, 0.6) is 0 Å². The summed E-state index contributed by atoms with van der Waals surface area (Å²) in [4.78, 5) is 43.1. The number of hydrogen-bond donors (Lipinski definition) is 2. The second kappa shape index (κ2) is 10.1. The summed E-state index contributed by atoms with van der Waals surface area (Å²) in [5, 5.41) is 4.56. The van der Waals surface area contributed by atoms with Crippen LogP contribution in [0.1, 0.15) is 52.0 Å². The van der Waals surface area contributed by atoms with Gasteiger partial charge in [0.1, 0.15) is 5.82 Å². The molecule has 1 aromatic carbocycles. The van der Waals surface area contributed by atoms with Gasteiger partial charge in [-0.3, -0.25) is 19.5 Å². The molecular weight excluding hydrogens is 461 g/mol. The number of carbonyl (C=O) groups is 3. The first-order valence-electron chi connectivity index (χ1n) is 12.1. The Morgan fingerprint density at radius 1 is 1.29 bits per heavy atom. The lowest BCUT2D eigenvalue weighted by molar-refractivity contribution is -0.158. The van der Waals surface area contributed by atoms with E-state index >= 15 is 0 Å². The van der Waals surface area contributed by atoms with E-state index in [1.165, 1.54) is 17.1 Å². The average Bonchev–Trinajstić information content (AvgIpc) is 3.13. The molecule has 2 aliphatic heterocycles. The third-order valence-corrected chi connectivity index (χ3v) is 7.31. The maximum absolute atomic E-state index is 14.4. The van der Waals surface area contributed by atoms with Crippen LogP contribution in [0.15, 0.2) is 18.2 Å². The molecule has 4 atom stereocenters. The van der Waals surface area contributed by atoms with Gasteiger partial charge in [-0.1, -0.05) is 38.4 Å². The van der Waals surface area contributed by atoms with Crippen molar-refractivity contribution in [2.45, 2.75) is 65.3 Å². The fraction of sp³-hybridized carbons (Fsp3) is 0.625. The Morgan fingerprint density at radius 3 is 2.74 bits per heavy atom. The highest BCUT2D eigenvalue weighted by Gasteiger charge is 2.55. The van der Waals surface area contributed by atoms with E-state index in [2.05, 4.69) is 10.7 Å². The van der Waals surface area contributed by atoms with E-state index < -0.39 is 18.1 Å². The molecule has 10 heteroatoms. The molecule has 0 bridgehead atoms. The van der Waals surface area contributed by atoms with E-state index in [0.29, 0.717) is 38.3 Å². The van der Waals surface area contributed by atoms with E-state index in [0.717, 1.165) is 6.42 Å². The normalized spacial score (nSPS) is 26.7. The third-order valence-electron chi connectivity index (χ3n) is 6.95. The van der Waals surface area contributed by atoms with Crippen molar-refractivity contribution in [1.82, 2.24) is 25.6 Å². The maximum atomic E-state index is 14.4. The minimum absolute atomic E-state index is 0.000197. The lowest BCUT2D eigenvalue weighted by Crippen LogP contribution is -2.67. The fourth-order valence-electron chi connectivity index (χ4n) is 5.23. The van der Waals surface area contributed by atoms with Gasteiger partial charge in [0.2, 0.25) is 11.8 Å². The molecule has 3 aliphatic rings. The molecule has 8 nitrogen and oxygen atoms in total. The highest BCUT2D eigenvalue weighted by atomic mass is 35.5. The largest absolute Gasteiger partial charge is 0.356 e. The third kappa shape index (κ3) is 4.60. The predicted molar refractivity (Wildman–Crippen MR) is 126 cm³/mol. The minimum Gasteiger partial charge on any atom is -0.356 e. The number of benzene rings is 1. The molecule has 0 radical (unpaired) electrons. The molecule has 0 aromatic heterocycles. The second-order valence-corrected chi connectivity index (χ2v) is 10.2. The van der Waals surface area contributed by atoms with Gasteiger partial charge < -0.3 is 10.2 Å². The van der Waals surface area contributed by atoms with E-state index in [9.17, 15) is 18.8 Å². The first-order valence-corrected chi connectivity index (χ1v) is 12.5. The van der Waals surface area contributed by atoms with Crippen LogP contribution < -0.4 is 10.7 Å². The van der Waals surface area contributed by atoms with Gasteiger partial charge in [0.25, 0.3) is 0 Å². The maximum Gasteiger partial charge on any atom is 0.337 e. The van der Waals surface area contributed by atoms with Crippen molar-refractivity contribution in [2.24, 2.45) is 17.8 Å². The van der Waals surface area contributed by atoms with Gasteiger partial charge in [-0.15, -0.1) is 0 Å². The van der Waals surface area contributed by atoms with Crippen molar-refractivity contribution in [3.05, 3.63) is 34.6 Å². The molecule has 186 valence electrons. The van der Waals surface area contributed by atoms with Crippen LogP contribution in [0, 0.1) is 23.6 Å². The first kappa shape index (κ1) is 24.7. The van der Waals surface area contributed by atoms with Crippen LogP contribution >= 0.6 is 11.6 Å². The molecule has 0 spiro atoms. The van der Waals surface area contributed by atoms with Crippen molar-refractivity contribution in [3.63, 3.8) is 0 Å². The number of hydrazine groups is 1. The molecule has 1 saturated carbocycles. The number of hydrogen-bond acceptors (Lipinski definition) is 4. The Morgan fingerprint density at radius 2 is 2.06 bits per heavy atom. The molecule has 4 amide bonds. The number of halogens is 2. The van der Waals surface area contributed by atoms with Crippen LogP contribution in [0.4, 0.5) is 9.18 Å². The molecule has 2 heterocycles. The number of carbonyl (C=O) groups excluding carboxylic acids is 3. The molecule has 2 N–H and O–H groups in total. The lowest BCUT2D eigenvalue weighted by atomic mass is 9.75. The summed E-state index contributed by atoms with van der Waals surface area (Å²) < 4.78 is 14.4. The zero-order chi connectivity index (χ0) is 24.6. The van der Waals surface area contributed by atoms with Gasteiger partial charge >= 0.3 is 6.03 Å². The molecule has 1 aromatic rings. The smallest absolute Gasteiger partial charge is 0.337 e. The number of nitrogens with one attached hydrogen (secondary N) is 2. The summed E-state index contributed by atoms with van der Waals surface area (Å²) in [6, 6.07) is 3.67. The van der Waals surface area contributed by atoms with Gasteiger partial charge in [0.15, 0.2) is 6.29 Å². The first-order chi connectivity index (χ1) is 16.2. The van der Waals surface area contributed by atoms with Gasteiger partial charge in [-0.25, -0.2) is 9.18 Å². The monoisotopic (exact) mass is 493 g/mol. The van der Waals surface area contributed by atoms with E-state index in [1.807, 2.05) is 20.8 Å². The van der Waals surface area contributed by atoms with Gasteiger partial charge in [0.05, 0.1) is 12.5 Å². The second-order valence-electron chi connectivity index (χ2n) is 9.83. The Kier molecular flexibility index (Phi) is 7.33. The Labute approximate surface area is 204 Å². The van der Waals surface area contributed by atoms with Crippen LogP contribution in [0.3, 0.4) is 0 Å². The highest BCUT2D eigenvalue weighted by molar-refractivity contribution is 6.31. The fourth-order valence-corrected chi connectivity index (χ4v) is 5.46. The van der Waals surface area contributed by atoms with Crippen molar-refractivity contribution in [1.29, 1.82) is 0 Å². The standard InChI is InChI=1S/C24H33ClFN5O3/c1-4-10-29-22(33)16-9-8-15(21(32)27-12-14(2)3)11-20(16)31-23(29)28-30(24(31)34)13-17-18(25)6-5-7-19(17)26/h5-7,14-16,20,23,28H,4,8-13H2,1-3H3,(H,27,32). The summed E-state index contributed by atoms with van der Waals surface area (Å²) in [6.45, 7) is 7.07. The van der Waals surface area contributed by atoms with Crippen molar-refractivity contribution in [3.8, 4) is 0 Å². The number of fused-ring (bicyclic) bond motifs is 3. The summed E-state index contributed by atoms with van der Waals surface area (Å²) in [5.41, 5.74) is 3.33. The quantitative estimate of drug-likeness (QED) is 0.610. The van der Waals surface area contributed by atoms with E-state index in [4.69, 9.17) is 11.6 Å². The van der Waals surface area contributed by atoms with Gasteiger partial charge in [-0.05, 0) is 43.7 Å². The van der Waals surface area contributed by atoms with Crippen molar-refractivity contribution < 1.29 is 18.8 Å². The van der Waals surface area contributed by atoms with Crippen molar-refractivity contribution >= 4 is 29.4 Å². The lowest BCUT2D eigenvalue weighted by Gasteiger charge is -2.49. The molecule has 4 rings (SSSR count). The van der Waals surface area contributed by atoms with Gasteiger partial charge in [0, 0.05) is 35.6 Å². The van der Waals surface area contributed by atoms with E-state index in [-0.39, 0.29) is 46.8 Å². The molecule has 34 heavy (non-hydrogen) atoms. The zero-order valence-electron chi connectivity index (χ0n) is 19.9. The number of nitrogens with zero attached hydrogens (tertiary/aromatic N) is 3. The van der Waals surface area contributed by atoms with Crippen LogP contribution in [0.2, 0.25) is 5.02 Å². The van der Waals surface area contributed by atoms with Crippen molar-refractivity contribution in [2.75, 3.05) is 13.1 Å². The summed E-state index contributed by atoms with van der Waals surface area (Å²) in [6.07, 6.45) is 1.68. The van der Waals surface area contributed by atoms with E-state index in [1.54, 1.807) is 15.9 Å². The predicted octanol–water partition coefficient (Wildman–Crippen LogP) is 3.31. The Bertz CT molecular complexity index is 940. The summed E-state index contributed by atoms with van der Waals surface area (Å²) >= 11 is 6.20. The molecule has 1 aliphatic carbocycles. The number of urea groups is 1. The number of rotatable bonds is 7. The van der Waals surface area contributed by atoms with Crippen LogP contribution in [-0.4, -0.2) is 58.1 Å². The summed E-state index contributed by atoms with van der Waals surface area (Å²) in [5.74, 6) is -0.784. The highest BCUT2D eigenvalue weighted by Crippen LogP contribution is 2.40. The SMILES string of the molecule is CCCN1C(=O)C2CCC(C(=O)NCC(C)C)CC2N2C(=O)N(Cc3c(F)cccc3Cl)NC12. The van der Waals surface area contributed by atoms with Crippen LogP contribution in [0.25, 0.3) is 0 Å². The molecular formula is C24H33ClFN5O3. The Balaban J connectivity index is 1.58. The average molecular weight is 494 g/mol. The molecule has 4 unspecified atom stereocenters. The van der Waals surface area contributed by atoms with Crippen LogP contribution in [-0.2, 0) is 16.1 Å². The Hall–Kier alpha value is -2.39. The molecule has 3 fully saturated rings. The van der Waals surface area contributed by atoms with Gasteiger partial charge in [-0.2, -0.15) is 5.43 Å².